The minimum atomic E-state index is -0.967. The molecule has 29 heavy (non-hydrogen) atoms. The molecule has 1 fully saturated rings. The third kappa shape index (κ3) is 5.31. The molecule has 1 saturated heterocycles. The molecule has 158 valence electrons. The van der Waals surface area contributed by atoms with Crippen molar-refractivity contribution in [3.63, 3.8) is 0 Å². The van der Waals surface area contributed by atoms with E-state index in [1.165, 1.54) is 0 Å². The smallest absolute Gasteiger partial charge is 0.272 e. The monoisotopic (exact) mass is 419 g/mol. The maximum Gasteiger partial charge on any atom is 0.272 e. The lowest BCUT2D eigenvalue weighted by Crippen LogP contribution is -2.38. The first-order valence-electron chi connectivity index (χ1n) is 10.3. The van der Waals surface area contributed by atoms with Crippen molar-refractivity contribution in [2.75, 3.05) is 19.7 Å². The molecule has 3 rings (SSSR count). The van der Waals surface area contributed by atoms with Gasteiger partial charge < -0.3 is 14.7 Å². The molecule has 1 unspecified atom stereocenters. The Morgan fingerprint density at radius 3 is 2.79 bits per heavy atom. The van der Waals surface area contributed by atoms with Crippen LogP contribution in [0, 0.1) is 0 Å². The molecule has 1 atom stereocenters. The second kappa shape index (κ2) is 9.18. The molecule has 6 nitrogen and oxygen atoms in total. The summed E-state index contributed by atoms with van der Waals surface area (Å²) in [6.45, 7) is 8.07. The number of hydrogen-bond donors (Lipinski definition) is 1. The van der Waals surface area contributed by atoms with Crippen LogP contribution < -0.4 is 4.74 Å². The van der Waals surface area contributed by atoms with E-state index in [1.807, 2.05) is 30.0 Å². The molecule has 0 saturated carbocycles. The number of amides is 1. The Morgan fingerprint density at radius 2 is 2.10 bits per heavy atom. The molecule has 1 aromatic carbocycles. The van der Waals surface area contributed by atoms with Crippen molar-refractivity contribution in [2.24, 2.45) is 0 Å². The van der Waals surface area contributed by atoms with Gasteiger partial charge in [0.2, 0.25) is 0 Å². The van der Waals surface area contributed by atoms with Gasteiger partial charge in [0.1, 0.15) is 23.7 Å². The number of aryl methyl sites for hydroxylation is 1. The van der Waals surface area contributed by atoms with Crippen LogP contribution in [0.1, 0.15) is 62.1 Å². The maximum absolute atomic E-state index is 13.1. The van der Waals surface area contributed by atoms with Crippen LogP contribution in [0.3, 0.4) is 0 Å². The summed E-state index contributed by atoms with van der Waals surface area (Å²) in [5.41, 5.74) is 0.582. The second-order valence-corrected chi connectivity index (χ2v) is 8.48. The van der Waals surface area contributed by atoms with Crippen molar-refractivity contribution in [1.82, 2.24) is 14.7 Å². The molecular formula is C22H30ClN3O3. The molecule has 1 aliphatic rings. The second-order valence-electron chi connectivity index (χ2n) is 8.04. The number of hydrogen-bond acceptors (Lipinski definition) is 4. The van der Waals surface area contributed by atoms with Crippen LogP contribution in [0.25, 0.3) is 0 Å². The molecular weight excluding hydrogens is 390 g/mol. The molecule has 1 amide bonds. The summed E-state index contributed by atoms with van der Waals surface area (Å²) in [7, 11) is 0. The van der Waals surface area contributed by atoms with Gasteiger partial charge in [-0.05, 0) is 56.4 Å². The number of rotatable bonds is 6. The fourth-order valence-electron chi connectivity index (χ4n) is 3.59. The first kappa shape index (κ1) is 21.7. The van der Waals surface area contributed by atoms with Crippen molar-refractivity contribution in [2.45, 2.75) is 58.1 Å². The van der Waals surface area contributed by atoms with E-state index in [4.69, 9.17) is 16.3 Å². The van der Waals surface area contributed by atoms with E-state index in [-0.39, 0.29) is 18.4 Å². The minimum Gasteiger partial charge on any atom is -0.491 e. The van der Waals surface area contributed by atoms with Gasteiger partial charge in [-0.2, -0.15) is 5.10 Å². The van der Waals surface area contributed by atoms with Gasteiger partial charge >= 0.3 is 0 Å². The molecule has 0 spiro atoms. The highest BCUT2D eigenvalue weighted by Crippen LogP contribution is 2.26. The van der Waals surface area contributed by atoms with Crippen molar-refractivity contribution >= 4 is 17.5 Å². The third-order valence-electron chi connectivity index (χ3n) is 5.42. The summed E-state index contributed by atoms with van der Waals surface area (Å²) < 4.78 is 7.55. The Morgan fingerprint density at radius 1 is 1.31 bits per heavy atom. The van der Waals surface area contributed by atoms with E-state index in [0.29, 0.717) is 48.9 Å². The average Bonchev–Trinajstić information content (AvgIpc) is 3.04. The number of likely N-dealkylation sites (tertiary alicyclic amines) is 1. The lowest BCUT2D eigenvalue weighted by atomic mass is 9.96. The van der Waals surface area contributed by atoms with Crippen LogP contribution >= 0.6 is 11.6 Å². The van der Waals surface area contributed by atoms with Crippen LogP contribution in [-0.4, -0.2) is 51.0 Å². The van der Waals surface area contributed by atoms with Gasteiger partial charge in [-0.15, -0.1) is 0 Å². The molecule has 7 heteroatoms. The number of aliphatic hydroxyl groups is 1. The van der Waals surface area contributed by atoms with Gasteiger partial charge in [-0.25, -0.2) is 0 Å². The molecule has 0 radical (unpaired) electrons. The van der Waals surface area contributed by atoms with Crippen molar-refractivity contribution in [3.05, 3.63) is 46.7 Å². The fourth-order valence-corrected chi connectivity index (χ4v) is 3.78. The van der Waals surface area contributed by atoms with Crippen molar-refractivity contribution in [1.29, 1.82) is 0 Å². The SMILES string of the molecule is CCn1nc(C(C)C)cc1C(=O)N1CCCC(O)(COc2cccc(Cl)c2)CC1. The third-order valence-corrected chi connectivity index (χ3v) is 5.65. The molecule has 2 heterocycles. The Balaban J connectivity index is 1.65. The van der Waals surface area contributed by atoms with E-state index >= 15 is 0 Å². The summed E-state index contributed by atoms with van der Waals surface area (Å²) in [6, 6.07) is 9.05. The fraction of sp³-hybridized carbons (Fsp3) is 0.545. The maximum atomic E-state index is 13.1. The van der Waals surface area contributed by atoms with Crippen LogP contribution in [0.2, 0.25) is 5.02 Å². The van der Waals surface area contributed by atoms with Gasteiger partial charge in [0.15, 0.2) is 0 Å². The lowest BCUT2D eigenvalue weighted by molar-refractivity contribution is -0.0163. The number of aromatic nitrogens is 2. The number of carbonyl (C=O) groups is 1. The van der Waals surface area contributed by atoms with E-state index < -0.39 is 5.60 Å². The number of halogens is 1. The Kier molecular flexibility index (Phi) is 6.85. The highest BCUT2D eigenvalue weighted by atomic mass is 35.5. The first-order chi connectivity index (χ1) is 13.8. The van der Waals surface area contributed by atoms with E-state index in [9.17, 15) is 9.90 Å². The first-order valence-corrected chi connectivity index (χ1v) is 10.7. The highest BCUT2D eigenvalue weighted by Gasteiger charge is 2.33. The predicted molar refractivity (Wildman–Crippen MR) is 114 cm³/mol. The number of ether oxygens (including phenoxy) is 1. The zero-order valence-corrected chi connectivity index (χ0v) is 18.2. The topological polar surface area (TPSA) is 67.6 Å². The molecule has 1 aromatic heterocycles. The molecule has 1 N–H and O–H groups in total. The van der Waals surface area contributed by atoms with Gasteiger partial charge in [-0.3, -0.25) is 9.48 Å². The van der Waals surface area contributed by atoms with Gasteiger partial charge in [0.05, 0.1) is 5.69 Å². The minimum absolute atomic E-state index is 0.0220. The summed E-state index contributed by atoms with van der Waals surface area (Å²) >= 11 is 5.99. The summed E-state index contributed by atoms with van der Waals surface area (Å²) in [6.07, 6.45) is 1.77. The average molecular weight is 420 g/mol. The summed E-state index contributed by atoms with van der Waals surface area (Å²) in [5, 5.41) is 16.2. The van der Waals surface area contributed by atoms with Crippen LogP contribution in [-0.2, 0) is 6.54 Å². The van der Waals surface area contributed by atoms with Crippen LogP contribution in [0.15, 0.2) is 30.3 Å². The van der Waals surface area contributed by atoms with Crippen LogP contribution in [0.4, 0.5) is 0 Å². The molecule has 2 aromatic rings. The zero-order chi connectivity index (χ0) is 21.0. The van der Waals surface area contributed by atoms with E-state index in [2.05, 4.69) is 18.9 Å². The molecule has 1 aliphatic heterocycles. The van der Waals surface area contributed by atoms with Gasteiger partial charge in [0, 0.05) is 24.7 Å². The van der Waals surface area contributed by atoms with Crippen LogP contribution in [0.5, 0.6) is 5.75 Å². The zero-order valence-electron chi connectivity index (χ0n) is 17.4. The molecule has 0 aliphatic carbocycles. The van der Waals surface area contributed by atoms with E-state index in [0.717, 1.165) is 12.1 Å². The summed E-state index contributed by atoms with van der Waals surface area (Å²) in [4.78, 5) is 15.0. The largest absolute Gasteiger partial charge is 0.491 e. The predicted octanol–water partition coefficient (Wildman–Crippen LogP) is 4.12. The van der Waals surface area contributed by atoms with E-state index in [1.54, 1.807) is 16.8 Å². The van der Waals surface area contributed by atoms with Crippen molar-refractivity contribution in [3.8, 4) is 5.75 Å². The highest BCUT2D eigenvalue weighted by molar-refractivity contribution is 6.30. The van der Waals surface area contributed by atoms with Gasteiger partial charge in [-0.1, -0.05) is 31.5 Å². The standard InChI is InChI=1S/C22H30ClN3O3/c1-4-26-20(14-19(24-26)16(2)3)21(27)25-11-6-9-22(28,10-12-25)15-29-18-8-5-7-17(23)13-18/h5,7-8,13-14,16,28H,4,6,9-12,15H2,1-3H3. The Labute approximate surface area is 177 Å². The summed E-state index contributed by atoms with van der Waals surface area (Å²) in [5.74, 6) is 0.884. The lowest BCUT2D eigenvalue weighted by Gasteiger charge is -2.27. The Bertz CT molecular complexity index is 852. The quantitative estimate of drug-likeness (QED) is 0.764. The number of carbonyl (C=O) groups excluding carboxylic acids is 1. The Hall–Kier alpha value is -2.05. The normalized spacial score (nSPS) is 20.0. The molecule has 0 bridgehead atoms. The number of benzene rings is 1. The van der Waals surface area contributed by atoms with Crippen molar-refractivity contribution < 1.29 is 14.6 Å². The van der Waals surface area contributed by atoms with Gasteiger partial charge in [0.25, 0.3) is 5.91 Å². The number of nitrogens with zero attached hydrogens (tertiary/aromatic N) is 3.